The average Bonchev–Trinajstić information content (AvgIpc) is 2.66. The lowest BCUT2D eigenvalue weighted by atomic mass is 9.81. The van der Waals surface area contributed by atoms with Gasteiger partial charge in [-0.25, -0.2) is 4.98 Å². The first-order valence-electron chi connectivity index (χ1n) is 7.48. The molecule has 1 heterocycles. The van der Waals surface area contributed by atoms with Crippen LogP contribution in [-0.4, -0.2) is 9.55 Å². The second-order valence-corrected chi connectivity index (χ2v) is 7.10. The fraction of sp³-hybridized carbons (Fsp3) is 0.588. The molecule has 1 aromatic carbocycles. The zero-order valence-corrected chi connectivity index (χ0v) is 13.6. The van der Waals surface area contributed by atoms with Gasteiger partial charge in [-0.15, -0.1) is 0 Å². The third-order valence-electron chi connectivity index (χ3n) is 4.45. The van der Waals surface area contributed by atoms with Crippen molar-refractivity contribution in [3.05, 3.63) is 24.0 Å². The summed E-state index contributed by atoms with van der Waals surface area (Å²) < 4.78 is 2.37. The molecule has 0 unspecified atom stereocenters. The second-order valence-electron chi connectivity index (χ2n) is 7.10. The fourth-order valence-corrected chi connectivity index (χ4v) is 2.36. The molecule has 0 atom stereocenters. The van der Waals surface area contributed by atoms with Crippen molar-refractivity contribution in [2.45, 2.75) is 54.0 Å². The highest BCUT2D eigenvalue weighted by Gasteiger charge is 2.26. The minimum absolute atomic E-state index is 0.235. The number of fused-ring (bicyclic) bond motifs is 1. The van der Waals surface area contributed by atoms with Crippen LogP contribution in [0.15, 0.2) is 18.2 Å². The van der Waals surface area contributed by atoms with E-state index in [9.17, 15) is 0 Å². The highest BCUT2D eigenvalue weighted by Crippen LogP contribution is 2.32. The predicted octanol–water partition coefficient (Wildman–Crippen LogP) is 4.42. The number of anilines is 1. The summed E-state index contributed by atoms with van der Waals surface area (Å²) in [5.41, 5.74) is 9.10. The van der Waals surface area contributed by atoms with Gasteiger partial charge < -0.3 is 10.3 Å². The lowest BCUT2D eigenvalue weighted by Gasteiger charge is -2.31. The molecule has 1 aromatic heterocycles. The summed E-state index contributed by atoms with van der Waals surface area (Å²) in [5.74, 6) is 2.18. The Hall–Kier alpha value is -1.51. The molecule has 2 N–H and O–H groups in total. The lowest BCUT2D eigenvalue weighted by Crippen LogP contribution is -2.26. The second kappa shape index (κ2) is 5.12. The smallest absolute Gasteiger partial charge is 0.112 e. The standard InChI is InChI=1S/C17H27N3/c1-11(2)16-19-14-9-13(18)7-8-15(14)20(16)10-17(5,6)12(3)4/h7-9,11-12H,10,18H2,1-6H3. The van der Waals surface area contributed by atoms with Crippen molar-refractivity contribution >= 4 is 16.7 Å². The Bertz CT molecular complexity index is 606. The summed E-state index contributed by atoms with van der Waals surface area (Å²) in [6.07, 6.45) is 0. The van der Waals surface area contributed by atoms with E-state index in [1.54, 1.807) is 0 Å². The van der Waals surface area contributed by atoms with Crippen molar-refractivity contribution in [2.75, 3.05) is 5.73 Å². The van der Waals surface area contributed by atoms with Gasteiger partial charge in [0.25, 0.3) is 0 Å². The van der Waals surface area contributed by atoms with Crippen LogP contribution in [0.25, 0.3) is 11.0 Å². The minimum Gasteiger partial charge on any atom is -0.399 e. The average molecular weight is 273 g/mol. The van der Waals surface area contributed by atoms with Crippen molar-refractivity contribution in [3.8, 4) is 0 Å². The summed E-state index contributed by atoms with van der Waals surface area (Å²) in [6, 6.07) is 6.03. The topological polar surface area (TPSA) is 43.8 Å². The Morgan fingerprint density at radius 2 is 1.85 bits per heavy atom. The molecule has 0 radical (unpaired) electrons. The molecule has 2 rings (SSSR count). The van der Waals surface area contributed by atoms with Crippen LogP contribution in [0.3, 0.4) is 0 Å². The molecular formula is C17H27N3. The molecule has 0 spiro atoms. The third kappa shape index (κ3) is 2.67. The third-order valence-corrected chi connectivity index (χ3v) is 4.45. The van der Waals surface area contributed by atoms with E-state index in [4.69, 9.17) is 10.7 Å². The van der Waals surface area contributed by atoms with Gasteiger partial charge in [0.05, 0.1) is 11.0 Å². The van der Waals surface area contributed by atoms with E-state index >= 15 is 0 Å². The van der Waals surface area contributed by atoms with Gasteiger partial charge in [-0.3, -0.25) is 0 Å². The molecule has 0 amide bonds. The first kappa shape index (κ1) is 14.9. The maximum Gasteiger partial charge on any atom is 0.112 e. The van der Waals surface area contributed by atoms with Crippen LogP contribution >= 0.6 is 0 Å². The van der Waals surface area contributed by atoms with Crippen molar-refractivity contribution in [3.63, 3.8) is 0 Å². The van der Waals surface area contributed by atoms with E-state index in [-0.39, 0.29) is 5.41 Å². The first-order chi connectivity index (χ1) is 9.22. The summed E-state index contributed by atoms with van der Waals surface area (Å²) in [5, 5.41) is 0. The number of aromatic nitrogens is 2. The number of hydrogen-bond acceptors (Lipinski definition) is 2. The molecule has 0 aliphatic rings. The van der Waals surface area contributed by atoms with Gasteiger partial charge in [-0.05, 0) is 29.5 Å². The Morgan fingerprint density at radius 3 is 2.40 bits per heavy atom. The molecule has 0 aliphatic carbocycles. The van der Waals surface area contributed by atoms with Crippen LogP contribution in [0.4, 0.5) is 5.69 Å². The Morgan fingerprint density at radius 1 is 1.20 bits per heavy atom. The van der Waals surface area contributed by atoms with Crippen LogP contribution in [0, 0.1) is 11.3 Å². The zero-order chi connectivity index (χ0) is 15.1. The largest absolute Gasteiger partial charge is 0.399 e. The maximum absolute atomic E-state index is 5.89. The number of nitrogens with zero attached hydrogens (tertiary/aromatic N) is 2. The monoisotopic (exact) mass is 273 g/mol. The van der Waals surface area contributed by atoms with E-state index < -0.39 is 0 Å². The molecule has 0 saturated carbocycles. The van der Waals surface area contributed by atoms with E-state index in [1.165, 1.54) is 5.52 Å². The van der Waals surface area contributed by atoms with Gasteiger partial charge in [0.1, 0.15) is 5.82 Å². The highest BCUT2D eigenvalue weighted by atomic mass is 15.1. The summed E-state index contributed by atoms with van der Waals surface area (Å²) in [7, 11) is 0. The number of nitrogen functional groups attached to an aromatic ring is 1. The molecule has 3 nitrogen and oxygen atoms in total. The molecule has 2 aromatic rings. The molecule has 0 aliphatic heterocycles. The summed E-state index contributed by atoms with van der Waals surface area (Å²) in [4.78, 5) is 4.80. The Kier molecular flexibility index (Phi) is 3.81. The fourth-order valence-electron chi connectivity index (χ4n) is 2.36. The molecule has 110 valence electrons. The van der Waals surface area contributed by atoms with Gasteiger partial charge in [0, 0.05) is 18.2 Å². The van der Waals surface area contributed by atoms with Crippen LogP contribution in [0.2, 0.25) is 0 Å². The van der Waals surface area contributed by atoms with E-state index in [0.29, 0.717) is 11.8 Å². The molecule has 0 bridgehead atoms. The summed E-state index contributed by atoms with van der Waals surface area (Å²) >= 11 is 0. The minimum atomic E-state index is 0.235. The van der Waals surface area contributed by atoms with E-state index in [1.807, 2.05) is 12.1 Å². The molecule has 3 heteroatoms. The van der Waals surface area contributed by atoms with Gasteiger partial charge in [0.2, 0.25) is 0 Å². The molecule has 0 saturated heterocycles. The number of imidazole rings is 1. The number of nitrogens with two attached hydrogens (primary N) is 1. The van der Waals surface area contributed by atoms with Crippen LogP contribution in [0.1, 0.15) is 53.3 Å². The predicted molar refractivity (Wildman–Crippen MR) is 86.9 cm³/mol. The lowest BCUT2D eigenvalue weighted by molar-refractivity contribution is 0.209. The van der Waals surface area contributed by atoms with Crippen molar-refractivity contribution < 1.29 is 0 Å². The van der Waals surface area contributed by atoms with Gasteiger partial charge in [-0.2, -0.15) is 0 Å². The first-order valence-corrected chi connectivity index (χ1v) is 7.48. The van der Waals surface area contributed by atoms with Crippen molar-refractivity contribution in [2.24, 2.45) is 11.3 Å². The van der Waals surface area contributed by atoms with E-state index in [2.05, 4.69) is 52.2 Å². The van der Waals surface area contributed by atoms with Crippen LogP contribution in [-0.2, 0) is 6.54 Å². The van der Waals surface area contributed by atoms with Crippen molar-refractivity contribution in [1.82, 2.24) is 9.55 Å². The SMILES string of the molecule is CC(C)c1nc2cc(N)ccc2n1CC(C)(C)C(C)C. The number of hydrogen-bond donors (Lipinski definition) is 1. The van der Waals surface area contributed by atoms with Crippen LogP contribution in [0.5, 0.6) is 0 Å². The van der Waals surface area contributed by atoms with Gasteiger partial charge >= 0.3 is 0 Å². The van der Waals surface area contributed by atoms with Crippen molar-refractivity contribution in [1.29, 1.82) is 0 Å². The molecule has 20 heavy (non-hydrogen) atoms. The van der Waals surface area contributed by atoms with Gasteiger partial charge in [0.15, 0.2) is 0 Å². The Balaban J connectivity index is 2.57. The maximum atomic E-state index is 5.89. The number of rotatable bonds is 4. The number of benzene rings is 1. The Labute approximate surface area is 122 Å². The quantitative estimate of drug-likeness (QED) is 0.838. The van der Waals surface area contributed by atoms with E-state index in [0.717, 1.165) is 23.6 Å². The highest BCUT2D eigenvalue weighted by molar-refractivity contribution is 5.79. The summed E-state index contributed by atoms with van der Waals surface area (Å²) in [6.45, 7) is 14.6. The molecule has 0 fully saturated rings. The normalized spacial score (nSPS) is 12.8. The molecular weight excluding hydrogens is 246 g/mol. The van der Waals surface area contributed by atoms with Crippen LogP contribution < -0.4 is 5.73 Å². The van der Waals surface area contributed by atoms with Gasteiger partial charge in [-0.1, -0.05) is 41.5 Å². The zero-order valence-electron chi connectivity index (χ0n) is 13.6.